The average molecular weight is 355 g/mol. The number of hydrogen-bond donors (Lipinski definition) is 0. The third-order valence-corrected chi connectivity index (χ3v) is 4.16. The number of methoxy groups -OCH3 is 1. The summed E-state index contributed by atoms with van der Waals surface area (Å²) >= 11 is 0. The third-order valence-electron chi connectivity index (χ3n) is 4.16. The van der Waals surface area contributed by atoms with Gasteiger partial charge in [-0.2, -0.15) is 0 Å². The van der Waals surface area contributed by atoms with Crippen molar-refractivity contribution in [1.29, 1.82) is 0 Å². The summed E-state index contributed by atoms with van der Waals surface area (Å²) in [6.07, 6.45) is 0.840. The molecule has 2 rings (SSSR count). The van der Waals surface area contributed by atoms with E-state index in [2.05, 4.69) is 26.0 Å². The van der Waals surface area contributed by atoms with E-state index in [0.29, 0.717) is 42.7 Å². The van der Waals surface area contributed by atoms with Gasteiger partial charge in [-0.05, 0) is 43.0 Å². The Labute approximate surface area is 156 Å². The highest BCUT2D eigenvalue weighted by Gasteiger charge is 2.17. The van der Waals surface area contributed by atoms with Gasteiger partial charge in [0.15, 0.2) is 11.5 Å². The molecule has 0 fully saturated rings. The zero-order chi connectivity index (χ0) is 18.9. The fourth-order valence-electron chi connectivity index (χ4n) is 2.67. The molecule has 0 unspecified atom stereocenters. The largest absolute Gasteiger partial charge is 0.493 e. The molecule has 2 aromatic rings. The number of likely N-dealkylation sites (N-methyl/N-ethyl adjacent to an activating group) is 1. The van der Waals surface area contributed by atoms with Crippen molar-refractivity contribution >= 4 is 5.91 Å². The van der Waals surface area contributed by atoms with Crippen LogP contribution >= 0.6 is 0 Å². The van der Waals surface area contributed by atoms with Crippen molar-refractivity contribution in [2.45, 2.75) is 27.2 Å². The second-order valence-electron chi connectivity index (χ2n) is 6.69. The highest BCUT2D eigenvalue weighted by Crippen LogP contribution is 2.29. The Kier molecular flexibility index (Phi) is 7.52. The Morgan fingerprint density at radius 1 is 1.08 bits per heavy atom. The van der Waals surface area contributed by atoms with Gasteiger partial charge in [0, 0.05) is 18.7 Å². The number of ether oxygens (including phenoxy) is 2. The van der Waals surface area contributed by atoms with Crippen molar-refractivity contribution < 1.29 is 14.3 Å². The van der Waals surface area contributed by atoms with Crippen molar-refractivity contribution in [3.8, 4) is 11.5 Å². The Hall–Kier alpha value is -2.49. The van der Waals surface area contributed by atoms with Crippen molar-refractivity contribution in [2.75, 3.05) is 26.8 Å². The molecule has 0 saturated heterocycles. The van der Waals surface area contributed by atoms with Crippen LogP contribution in [-0.4, -0.2) is 37.6 Å². The van der Waals surface area contributed by atoms with E-state index in [-0.39, 0.29) is 5.91 Å². The van der Waals surface area contributed by atoms with Crippen LogP contribution in [0.2, 0.25) is 0 Å². The van der Waals surface area contributed by atoms with E-state index in [1.165, 1.54) is 5.56 Å². The molecule has 140 valence electrons. The number of rotatable bonds is 9. The summed E-state index contributed by atoms with van der Waals surface area (Å²) in [6.45, 7) is 8.15. The Morgan fingerprint density at radius 2 is 1.81 bits per heavy atom. The van der Waals surface area contributed by atoms with Crippen LogP contribution in [-0.2, 0) is 6.42 Å². The fourth-order valence-corrected chi connectivity index (χ4v) is 2.67. The number of hydrogen-bond acceptors (Lipinski definition) is 3. The first-order valence-electron chi connectivity index (χ1n) is 9.19. The molecule has 0 aliphatic carbocycles. The average Bonchev–Trinajstić information content (AvgIpc) is 2.67. The second-order valence-corrected chi connectivity index (χ2v) is 6.69. The molecule has 0 radical (unpaired) electrons. The molecular formula is C22H29NO3. The summed E-state index contributed by atoms with van der Waals surface area (Å²) in [5.74, 6) is 1.70. The second kappa shape index (κ2) is 9.85. The number of nitrogens with zero attached hydrogens (tertiary/aromatic N) is 1. The smallest absolute Gasteiger partial charge is 0.253 e. The molecule has 1 amide bonds. The predicted molar refractivity (Wildman–Crippen MR) is 105 cm³/mol. The van der Waals surface area contributed by atoms with Gasteiger partial charge in [0.2, 0.25) is 0 Å². The molecule has 0 aliphatic heterocycles. The summed E-state index contributed by atoms with van der Waals surface area (Å²) in [5, 5.41) is 0. The van der Waals surface area contributed by atoms with Gasteiger partial charge in [-0.15, -0.1) is 0 Å². The van der Waals surface area contributed by atoms with Crippen LogP contribution in [0.3, 0.4) is 0 Å². The summed E-state index contributed by atoms with van der Waals surface area (Å²) in [5.41, 5.74) is 1.85. The van der Waals surface area contributed by atoms with E-state index in [0.717, 1.165) is 6.42 Å². The molecule has 0 aliphatic rings. The van der Waals surface area contributed by atoms with Crippen LogP contribution in [0.5, 0.6) is 11.5 Å². The number of amides is 1. The zero-order valence-corrected chi connectivity index (χ0v) is 16.2. The van der Waals surface area contributed by atoms with Crippen LogP contribution in [0.15, 0.2) is 48.5 Å². The summed E-state index contributed by atoms with van der Waals surface area (Å²) in [6, 6.07) is 15.6. The molecule has 0 heterocycles. The van der Waals surface area contributed by atoms with Gasteiger partial charge >= 0.3 is 0 Å². The van der Waals surface area contributed by atoms with Gasteiger partial charge < -0.3 is 14.4 Å². The minimum atomic E-state index is 0.0112. The maximum absolute atomic E-state index is 12.9. The molecule has 0 bridgehead atoms. The molecule has 0 N–H and O–H groups in total. The van der Waals surface area contributed by atoms with E-state index in [9.17, 15) is 4.79 Å². The van der Waals surface area contributed by atoms with Crippen LogP contribution < -0.4 is 9.47 Å². The Bertz CT molecular complexity index is 698. The van der Waals surface area contributed by atoms with Crippen LogP contribution in [0.4, 0.5) is 0 Å². The monoisotopic (exact) mass is 355 g/mol. The van der Waals surface area contributed by atoms with Gasteiger partial charge in [-0.3, -0.25) is 4.79 Å². The molecule has 2 aromatic carbocycles. The number of carbonyl (C=O) groups excluding carboxylic acids is 1. The predicted octanol–water partition coefficient (Wildman–Crippen LogP) is 4.43. The van der Waals surface area contributed by atoms with Crippen LogP contribution in [0.1, 0.15) is 36.7 Å². The Morgan fingerprint density at radius 3 is 2.42 bits per heavy atom. The minimum absolute atomic E-state index is 0.0112. The fraction of sp³-hybridized carbons (Fsp3) is 0.409. The summed E-state index contributed by atoms with van der Waals surface area (Å²) < 4.78 is 11.2. The SMILES string of the molecule is CCN(CCc1ccccc1)C(=O)c1ccc(OCC(C)C)c(OC)c1. The highest BCUT2D eigenvalue weighted by molar-refractivity contribution is 5.95. The van der Waals surface area contributed by atoms with E-state index in [1.807, 2.05) is 42.2 Å². The standard InChI is InChI=1S/C22H29NO3/c1-5-23(14-13-18-9-7-6-8-10-18)22(24)19-11-12-20(21(15-19)25-4)26-16-17(2)3/h6-12,15,17H,5,13-14,16H2,1-4H3. The van der Waals surface area contributed by atoms with Gasteiger partial charge in [0.1, 0.15) is 0 Å². The molecule has 4 nitrogen and oxygen atoms in total. The van der Waals surface area contributed by atoms with Gasteiger partial charge in [0.05, 0.1) is 13.7 Å². The van der Waals surface area contributed by atoms with Gasteiger partial charge in [0.25, 0.3) is 5.91 Å². The summed E-state index contributed by atoms with van der Waals surface area (Å²) in [4.78, 5) is 14.7. The molecule has 0 spiro atoms. The number of benzene rings is 2. The quantitative estimate of drug-likeness (QED) is 0.668. The zero-order valence-electron chi connectivity index (χ0n) is 16.2. The van der Waals surface area contributed by atoms with Crippen molar-refractivity contribution in [2.24, 2.45) is 5.92 Å². The van der Waals surface area contributed by atoms with Gasteiger partial charge in [-0.1, -0.05) is 44.2 Å². The molecule has 0 saturated carbocycles. The van der Waals surface area contributed by atoms with Crippen molar-refractivity contribution in [1.82, 2.24) is 4.90 Å². The van der Waals surface area contributed by atoms with E-state index in [1.54, 1.807) is 13.2 Å². The minimum Gasteiger partial charge on any atom is -0.493 e. The topological polar surface area (TPSA) is 38.8 Å². The first-order valence-corrected chi connectivity index (χ1v) is 9.19. The molecule has 0 atom stereocenters. The van der Waals surface area contributed by atoms with E-state index in [4.69, 9.17) is 9.47 Å². The number of carbonyl (C=O) groups is 1. The Balaban J connectivity index is 2.08. The first kappa shape index (κ1) is 19.8. The van der Waals surface area contributed by atoms with Gasteiger partial charge in [-0.25, -0.2) is 0 Å². The summed E-state index contributed by atoms with van der Waals surface area (Å²) in [7, 11) is 1.60. The first-order chi connectivity index (χ1) is 12.5. The van der Waals surface area contributed by atoms with E-state index >= 15 is 0 Å². The lowest BCUT2D eigenvalue weighted by Crippen LogP contribution is -2.32. The lowest BCUT2D eigenvalue weighted by Gasteiger charge is -2.22. The molecule has 4 heteroatoms. The highest BCUT2D eigenvalue weighted by atomic mass is 16.5. The molecule has 26 heavy (non-hydrogen) atoms. The normalized spacial score (nSPS) is 10.7. The molecular weight excluding hydrogens is 326 g/mol. The van der Waals surface area contributed by atoms with Crippen molar-refractivity contribution in [3.05, 3.63) is 59.7 Å². The third kappa shape index (κ3) is 5.51. The van der Waals surface area contributed by atoms with Crippen LogP contribution in [0, 0.1) is 5.92 Å². The maximum Gasteiger partial charge on any atom is 0.253 e. The van der Waals surface area contributed by atoms with Crippen LogP contribution in [0.25, 0.3) is 0 Å². The lowest BCUT2D eigenvalue weighted by atomic mass is 10.1. The van der Waals surface area contributed by atoms with Crippen molar-refractivity contribution in [3.63, 3.8) is 0 Å². The lowest BCUT2D eigenvalue weighted by molar-refractivity contribution is 0.0765. The maximum atomic E-state index is 12.9. The van der Waals surface area contributed by atoms with E-state index < -0.39 is 0 Å². The molecule has 0 aromatic heterocycles.